The molecule has 3 aliphatic rings. The standard InChI is InChI=1S/C22H22N4O4S2/c1-2-8-26-20(28)16(32-21(26)31)14-15-18(23-17-5-3-4-9-25(17)19(15)27)24-10-6-22(7-11-24)29-12-13-30-22/h2-5,9,14H,1,6-8,10-13H2. The lowest BCUT2D eigenvalue weighted by Gasteiger charge is -2.38. The third-order valence-electron chi connectivity index (χ3n) is 5.85. The monoisotopic (exact) mass is 470 g/mol. The molecule has 3 fully saturated rings. The molecule has 10 heteroatoms. The third kappa shape index (κ3) is 3.66. The van der Waals surface area contributed by atoms with Gasteiger partial charge in [0.15, 0.2) is 5.79 Å². The van der Waals surface area contributed by atoms with Gasteiger partial charge in [0.05, 0.1) is 23.7 Å². The summed E-state index contributed by atoms with van der Waals surface area (Å²) in [6, 6.07) is 5.42. The number of carbonyl (C=O) groups excluding carboxylic acids is 1. The predicted octanol–water partition coefficient (Wildman–Crippen LogP) is 2.43. The van der Waals surface area contributed by atoms with Gasteiger partial charge in [-0.15, -0.1) is 6.58 Å². The first-order valence-electron chi connectivity index (χ1n) is 10.4. The molecule has 0 unspecified atom stereocenters. The van der Waals surface area contributed by atoms with Crippen molar-refractivity contribution in [1.82, 2.24) is 14.3 Å². The van der Waals surface area contributed by atoms with Crippen molar-refractivity contribution in [3.05, 3.63) is 57.9 Å². The van der Waals surface area contributed by atoms with Gasteiger partial charge >= 0.3 is 0 Å². The van der Waals surface area contributed by atoms with Crippen molar-refractivity contribution in [2.45, 2.75) is 18.6 Å². The van der Waals surface area contributed by atoms with Gasteiger partial charge in [0, 0.05) is 38.7 Å². The van der Waals surface area contributed by atoms with Crippen molar-refractivity contribution >= 4 is 51.7 Å². The summed E-state index contributed by atoms with van der Waals surface area (Å²) in [6.07, 6.45) is 6.30. The molecule has 2 aromatic heterocycles. The van der Waals surface area contributed by atoms with Gasteiger partial charge in [-0.05, 0) is 18.2 Å². The Balaban J connectivity index is 1.57. The van der Waals surface area contributed by atoms with E-state index in [0.717, 1.165) is 0 Å². The van der Waals surface area contributed by atoms with E-state index in [1.54, 1.807) is 30.5 Å². The normalized spacial score (nSPS) is 21.9. The molecule has 0 aromatic carbocycles. The molecule has 0 radical (unpaired) electrons. The molecule has 2 aromatic rings. The number of pyridine rings is 1. The summed E-state index contributed by atoms with van der Waals surface area (Å²) in [5.41, 5.74) is 0.697. The second kappa shape index (κ2) is 8.43. The van der Waals surface area contributed by atoms with Gasteiger partial charge in [-0.2, -0.15) is 0 Å². The molecule has 32 heavy (non-hydrogen) atoms. The van der Waals surface area contributed by atoms with Crippen LogP contribution in [-0.4, -0.2) is 63.1 Å². The predicted molar refractivity (Wildman–Crippen MR) is 128 cm³/mol. The number of aromatic nitrogens is 2. The lowest BCUT2D eigenvalue weighted by Crippen LogP contribution is -2.46. The van der Waals surface area contributed by atoms with Gasteiger partial charge in [0.25, 0.3) is 11.5 Å². The van der Waals surface area contributed by atoms with E-state index in [0.29, 0.717) is 71.9 Å². The Labute approximate surface area is 194 Å². The van der Waals surface area contributed by atoms with Crippen LogP contribution >= 0.6 is 24.0 Å². The largest absolute Gasteiger partial charge is 0.355 e. The van der Waals surface area contributed by atoms with E-state index in [9.17, 15) is 9.59 Å². The zero-order chi connectivity index (χ0) is 22.3. The zero-order valence-electron chi connectivity index (χ0n) is 17.4. The van der Waals surface area contributed by atoms with E-state index in [2.05, 4.69) is 11.5 Å². The van der Waals surface area contributed by atoms with E-state index < -0.39 is 5.79 Å². The van der Waals surface area contributed by atoms with Gasteiger partial charge in [0.1, 0.15) is 15.8 Å². The van der Waals surface area contributed by atoms with Crippen LogP contribution in [0.2, 0.25) is 0 Å². The summed E-state index contributed by atoms with van der Waals surface area (Å²) in [5, 5.41) is 0. The van der Waals surface area contributed by atoms with Crippen LogP contribution in [0.1, 0.15) is 18.4 Å². The highest BCUT2D eigenvalue weighted by Crippen LogP contribution is 2.36. The molecule has 0 atom stereocenters. The summed E-state index contributed by atoms with van der Waals surface area (Å²) in [5.74, 6) is -0.202. The Bertz CT molecular complexity index is 1190. The molecule has 166 valence electrons. The highest BCUT2D eigenvalue weighted by molar-refractivity contribution is 8.26. The highest BCUT2D eigenvalue weighted by Gasteiger charge is 2.40. The van der Waals surface area contributed by atoms with E-state index in [-0.39, 0.29) is 11.5 Å². The molecule has 0 saturated carbocycles. The minimum atomic E-state index is -0.532. The van der Waals surface area contributed by atoms with Crippen molar-refractivity contribution < 1.29 is 14.3 Å². The van der Waals surface area contributed by atoms with Crippen molar-refractivity contribution in [1.29, 1.82) is 0 Å². The first-order chi connectivity index (χ1) is 15.5. The van der Waals surface area contributed by atoms with Crippen LogP contribution in [0.4, 0.5) is 5.82 Å². The molecule has 1 spiro atoms. The number of hydrogen-bond donors (Lipinski definition) is 0. The summed E-state index contributed by atoms with van der Waals surface area (Å²) < 4.78 is 13.6. The van der Waals surface area contributed by atoms with E-state index in [1.807, 2.05) is 6.07 Å². The number of anilines is 1. The molecule has 3 aliphatic heterocycles. The number of carbonyl (C=O) groups is 1. The van der Waals surface area contributed by atoms with Crippen LogP contribution in [0.15, 0.2) is 46.8 Å². The van der Waals surface area contributed by atoms with Crippen LogP contribution in [0.5, 0.6) is 0 Å². The fourth-order valence-corrected chi connectivity index (χ4v) is 5.48. The fourth-order valence-electron chi connectivity index (χ4n) is 4.22. The van der Waals surface area contributed by atoms with Gasteiger partial charge < -0.3 is 14.4 Å². The maximum Gasteiger partial charge on any atom is 0.267 e. The number of piperidine rings is 1. The van der Waals surface area contributed by atoms with Crippen LogP contribution in [0.25, 0.3) is 11.7 Å². The number of rotatable bonds is 4. The molecule has 5 heterocycles. The maximum atomic E-state index is 13.4. The molecular weight excluding hydrogens is 448 g/mol. The summed E-state index contributed by atoms with van der Waals surface area (Å²) in [4.78, 5) is 35.1. The first kappa shape index (κ1) is 21.3. The average Bonchev–Trinajstić information content (AvgIpc) is 3.36. The molecule has 5 rings (SSSR count). The van der Waals surface area contributed by atoms with Crippen LogP contribution in [0.3, 0.4) is 0 Å². The number of hydrogen-bond acceptors (Lipinski definition) is 8. The number of ether oxygens (including phenoxy) is 2. The molecule has 1 amide bonds. The van der Waals surface area contributed by atoms with Gasteiger partial charge in [-0.1, -0.05) is 36.1 Å². The van der Waals surface area contributed by atoms with Crippen molar-refractivity contribution in [3.63, 3.8) is 0 Å². The van der Waals surface area contributed by atoms with Gasteiger partial charge in [0.2, 0.25) is 0 Å². The van der Waals surface area contributed by atoms with Crippen LogP contribution in [0, 0.1) is 0 Å². The van der Waals surface area contributed by atoms with E-state index in [1.165, 1.54) is 21.1 Å². The number of fused-ring (bicyclic) bond motifs is 1. The molecule has 0 N–H and O–H groups in total. The number of amides is 1. The second-order valence-corrected chi connectivity index (χ2v) is 9.43. The lowest BCUT2D eigenvalue weighted by atomic mass is 10.0. The van der Waals surface area contributed by atoms with Gasteiger partial charge in [-0.25, -0.2) is 4.98 Å². The molecule has 0 bridgehead atoms. The minimum Gasteiger partial charge on any atom is -0.355 e. The fraction of sp³-hybridized carbons (Fsp3) is 0.364. The minimum absolute atomic E-state index is 0.228. The molecular formula is C22H22N4O4S2. The highest BCUT2D eigenvalue weighted by atomic mass is 32.2. The Morgan fingerprint density at radius 1 is 1.22 bits per heavy atom. The first-order valence-corrected chi connectivity index (χ1v) is 11.6. The Hall–Kier alpha value is -2.53. The Kier molecular flexibility index (Phi) is 5.62. The number of thioether (sulfide) groups is 1. The maximum absolute atomic E-state index is 13.4. The molecule has 0 aliphatic carbocycles. The van der Waals surface area contributed by atoms with Crippen LogP contribution < -0.4 is 10.5 Å². The van der Waals surface area contributed by atoms with Crippen molar-refractivity contribution in [3.8, 4) is 0 Å². The summed E-state index contributed by atoms with van der Waals surface area (Å²) in [7, 11) is 0. The van der Waals surface area contributed by atoms with Crippen molar-refractivity contribution in [2.24, 2.45) is 0 Å². The smallest absolute Gasteiger partial charge is 0.267 e. The summed E-state index contributed by atoms with van der Waals surface area (Å²) >= 11 is 6.53. The van der Waals surface area contributed by atoms with Crippen molar-refractivity contribution in [2.75, 3.05) is 37.7 Å². The van der Waals surface area contributed by atoms with Crippen LogP contribution in [-0.2, 0) is 14.3 Å². The zero-order valence-corrected chi connectivity index (χ0v) is 19.0. The Morgan fingerprint density at radius 3 is 2.69 bits per heavy atom. The molecule has 3 saturated heterocycles. The topological polar surface area (TPSA) is 76.4 Å². The number of nitrogens with zero attached hydrogens (tertiary/aromatic N) is 4. The SMILES string of the molecule is C=CCN1C(=O)C(=Cc2c(N3CCC4(CC3)OCCO4)nc3ccccn3c2=O)SC1=S. The Morgan fingerprint density at radius 2 is 1.97 bits per heavy atom. The second-order valence-electron chi connectivity index (χ2n) is 7.76. The average molecular weight is 471 g/mol. The van der Waals surface area contributed by atoms with E-state index >= 15 is 0 Å². The van der Waals surface area contributed by atoms with Gasteiger partial charge in [-0.3, -0.25) is 18.9 Å². The molecule has 8 nitrogen and oxygen atoms in total. The summed E-state index contributed by atoms with van der Waals surface area (Å²) in [6.45, 7) is 6.49. The lowest BCUT2D eigenvalue weighted by molar-refractivity contribution is -0.169. The third-order valence-corrected chi connectivity index (χ3v) is 7.23. The number of thiocarbonyl (C=S) groups is 1. The van der Waals surface area contributed by atoms with E-state index in [4.69, 9.17) is 26.7 Å². The quantitative estimate of drug-likeness (QED) is 0.383.